The summed E-state index contributed by atoms with van der Waals surface area (Å²) in [7, 11) is 0. The molecule has 0 spiro atoms. The summed E-state index contributed by atoms with van der Waals surface area (Å²) in [6, 6.07) is 8.00. The molecule has 0 aliphatic heterocycles. The number of fused-ring (bicyclic) bond motifs is 3. The lowest BCUT2D eigenvalue weighted by Crippen LogP contribution is -2.26. The third kappa shape index (κ3) is 0.788. The Labute approximate surface area is 82.6 Å². The first-order valence-corrected chi connectivity index (χ1v) is 5.07. The first-order chi connectivity index (χ1) is 6.75. The molecule has 2 atom stereocenters. The minimum absolute atomic E-state index is 0.398. The molecular weight excluding hydrogens is 176 g/mol. The van der Waals surface area contributed by atoms with E-state index in [2.05, 4.69) is 6.07 Å². The molecule has 72 valence electrons. The Kier molecular flexibility index (Phi) is 1.37. The van der Waals surface area contributed by atoms with E-state index >= 15 is 0 Å². The first kappa shape index (κ1) is 8.04. The topological polar surface area (TPSA) is 37.3 Å². The van der Waals surface area contributed by atoms with Crippen molar-refractivity contribution < 1.29 is 9.90 Å². The summed E-state index contributed by atoms with van der Waals surface area (Å²) >= 11 is 0. The summed E-state index contributed by atoms with van der Waals surface area (Å²) in [5, 5.41) is 9.29. The van der Waals surface area contributed by atoms with E-state index in [4.69, 9.17) is 0 Å². The van der Waals surface area contributed by atoms with Gasteiger partial charge in [0, 0.05) is 0 Å². The monoisotopic (exact) mass is 188 g/mol. The van der Waals surface area contributed by atoms with Crippen LogP contribution in [0.25, 0.3) is 0 Å². The fourth-order valence-electron chi connectivity index (χ4n) is 2.89. The van der Waals surface area contributed by atoms with Crippen molar-refractivity contribution in [1.29, 1.82) is 0 Å². The zero-order valence-corrected chi connectivity index (χ0v) is 7.86. The van der Waals surface area contributed by atoms with E-state index in [1.165, 1.54) is 5.56 Å². The third-order valence-corrected chi connectivity index (χ3v) is 3.75. The molecular formula is C12H12O2. The van der Waals surface area contributed by atoms with Crippen molar-refractivity contribution in [2.45, 2.75) is 24.7 Å². The number of aryl methyl sites for hydroxylation is 1. The van der Waals surface area contributed by atoms with Gasteiger partial charge in [0.05, 0.1) is 5.41 Å². The molecule has 2 aliphatic rings. The van der Waals surface area contributed by atoms with Gasteiger partial charge in [0.25, 0.3) is 0 Å². The van der Waals surface area contributed by atoms with Gasteiger partial charge in [-0.05, 0) is 36.3 Å². The Morgan fingerprint density at radius 1 is 1.43 bits per heavy atom. The van der Waals surface area contributed by atoms with Crippen LogP contribution in [0, 0.1) is 5.92 Å². The van der Waals surface area contributed by atoms with E-state index in [-0.39, 0.29) is 0 Å². The van der Waals surface area contributed by atoms with Crippen molar-refractivity contribution in [2.24, 2.45) is 5.92 Å². The highest BCUT2D eigenvalue weighted by Gasteiger charge is 2.63. The summed E-state index contributed by atoms with van der Waals surface area (Å²) in [5.41, 5.74) is 1.81. The molecule has 1 fully saturated rings. The van der Waals surface area contributed by atoms with Gasteiger partial charge in [-0.3, -0.25) is 4.79 Å². The Morgan fingerprint density at radius 2 is 2.21 bits per heavy atom. The smallest absolute Gasteiger partial charge is 0.314 e. The normalized spacial score (nSPS) is 33.0. The van der Waals surface area contributed by atoms with Gasteiger partial charge >= 0.3 is 5.97 Å². The fourth-order valence-corrected chi connectivity index (χ4v) is 2.89. The maximum atomic E-state index is 11.3. The van der Waals surface area contributed by atoms with Gasteiger partial charge in [-0.15, -0.1) is 0 Å². The number of aliphatic carboxylic acids is 1. The van der Waals surface area contributed by atoms with Crippen molar-refractivity contribution in [3.8, 4) is 0 Å². The van der Waals surface area contributed by atoms with Crippen molar-refractivity contribution >= 4 is 5.97 Å². The zero-order chi connectivity index (χ0) is 9.76. The van der Waals surface area contributed by atoms with E-state index in [9.17, 15) is 9.90 Å². The molecule has 0 amide bonds. The highest BCUT2D eigenvalue weighted by Crippen LogP contribution is 2.60. The molecule has 0 radical (unpaired) electrons. The lowest BCUT2D eigenvalue weighted by Gasteiger charge is -2.21. The Balaban J connectivity index is 2.18. The Morgan fingerprint density at radius 3 is 3.00 bits per heavy atom. The van der Waals surface area contributed by atoms with Crippen LogP contribution >= 0.6 is 0 Å². The maximum Gasteiger partial charge on any atom is 0.314 e. The molecule has 0 saturated heterocycles. The molecule has 2 nitrogen and oxygen atoms in total. The number of carbonyl (C=O) groups is 1. The lowest BCUT2D eigenvalue weighted by molar-refractivity contribution is -0.140. The van der Waals surface area contributed by atoms with Crippen LogP contribution in [0.4, 0.5) is 0 Å². The molecule has 1 aromatic rings. The molecule has 2 unspecified atom stereocenters. The van der Waals surface area contributed by atoms with Gasteiger partial charge in [0.15, 0.2) is 0 Å². The van der Waals surface area contributed by atoms with Crippen LogP contribution in [0.3, 0.4) is 0 Å². The van der Waals surface area contributed by atoms with Crippen LogP contribution in [0.1, 0.15) is 24.0 Å². The first-order valence-electron chi connectivity index (χ1n) is 5.07. The number of rotatable bonds is 1. The quantitative estimate of drug-likeness (QED) is 0.731. The van der Waals surface area contributed by atoms with Crippen molar-refractivity contribution in [2.75, 3.05) is 0 Å². The maximum absolute atomic E-state index is 11.3. The number of benzene rings is 1. The number of hydrogen-bond acceptors (Lipinski definition) is 1. The van der Waals surface area contributed by atoms with E-state index < -0.39 is 11.4 Å². The molecule has 0 heterocycles. The largest absolute Gasteiger partial charge is 0.481 e. The third-order valence-electron chi connectivity index (χ3n) is 3.75. The lowest BCUT2D eigenvalue weighted by atomic mass is 9.82. The minimum Gasteiger partial charge on any atom is -0.481 e. The summed E-state index contributed by atoms with van der Waals surface area (Å²) in [6.45, 7) is 0. The summed E-state index contributed by atoms with van der Waals surface area (Å²) in [6.07, 6.45) is 2.94. The average molecular weight is 188 g/mol. The molecule has 2 heteroatoms. The van der Waals surface area contributed by atoms with Crippen molar-refractivity contribution in [3.05, 3.63) is 35.4 Å². The van der Waals surface area contributed by atoms with Gasteiger partial charge in [0.1, 0.15) is 0 Å². The van der Waals surface area contributed by atoms with E-state index in [1.807, 2.05) is 18.2 Å². The molecule has 0 aromatic heterocycles. The standard InChI is InChI=1S/C12H12O2/c13-11(14)12-7-9(12)6-5-8-3-1-2-4-10(8)12/h1-4,9H,5-7H2,(H,13,14). The van der Waals surface area contributed by atoms with Crippen LogP contribution in [-0.2, 0) is 16.6 Å². The van der Waals surface area contributed by atoms with Crippen molar-refractivity contribution in [3.63, 3.8) is 0 Å². The number of carboxylic acid groups (broad SMARTS) is 1. The van der Waals surface area contributed by atoms with Gasteiger partial charge in [0.2, 0.25) is 0 Å². The Bertz CT molecular complexity index is 411. The summed E-state index contributed by atoms with van der Waals surface area (Å²) < 4.78 is 0. The van der Waals surface area contributed by atoms with Gasteiger partial charge < -0.3 is 5.11 Å². The van der Waals surface area contributed by atoms with Crippen LogP contribution in [-0.4, -0.2) is 11.1 Å². The predicted octanol–water partition coefficient (Wildman–Crippen LogP) is 1.98. The fraction of sp³-hybridized carbons (Fsp3) is 0.417. The summed E-state index contributed by atoms with van der Waals surface area (Å²) in [5.74, 6) is -0.232. The molecule has 14 heavy (non-hydrogen) atoms. The van der Waals surface area contributed by atoms with Crippen LogP contribution < -0.4 is 0 Å². The second kappa shape index (κ2) is 2.38. The Hall–Kier alpha value is -1.31. The SMILES string of the molecule is O=C(O)C12CC1CCc1ccccc12. The van der Waals surface area contributed by atoms with E-state index in [0.29, 0.717) is 5.92 Å². The number of carboxylic acids is 1. The second-order valence-corrected chi connectivity index (χ2v) is 4.37. The summed E-state index contributed by atoms with van der Waals surface area (Å²) in [4.78, 5) is 11.3. The van der Waals surface area contributed by atoms with E-state index in [1.54, 1.807) is 0 Å². The predicted molar refractivity (Wildman–Crippen MR) is 52.2 cm³/mol. The zero-order valence-electron chi connectivity index (χ0n) is 7.86. The molecule has 1 saturated carbocycles. The molecule has 3 rings (SSSR count). The van der Waals surface area contributed by atoms with Gasteiger partial charge in [-0.1, -0.05) is 24.3 Å². The van der Waals surface area contributed by atoms with Crippen LogP contribution in [0.5, 0.6) is 0 Å². The minimum atomic E-state index is -0.630. The highest BCUT2D eigenvalue weighted by atomic mass is 16.4. The second-order valence-electron chi connectivity index (χ2n) is 4.37. The molecule has 1 N–H and O–H groups in total. The van der Waals surface area contributed by atoms with Gasteiger partial charge in [-0.2, -0.15) is 0 Å². The van der Waals surface area contributed by atoms with Crippen LogP contribution in [0.15, 0.2) is 24.3 Å². The van der Waals surface area contributed by atoms with Gasteiger partial charge in [-0.25, -0.2) is 0 Å². The molecule has 0 bridgehead atoms. The van der Waals surface area contributed by atoms with Crippen molar-refractivity contribution in [1.82, 2.24) is 0 Å². The van der Waals surface area contributed by atoms with E-state index in [0.717, 1.165) is 24.8 Å². The average Bonchev–Trinajstić information content (AvgIpc) is 2.93. The van der Waals surface area contributed by atoms with Crippen LogP contribution in [0.2, 0.25) is 0 Å². The molecule has 2 aliphatic carbocycles. The highest BCUT2D eigenvalue weighted by molar-refractivity contribution is 5.87. The molecule has 1 aromatic carbocycles. The number of hydrogen-bond donors (Lipinski definition) is 1.